The van der Waals surface area contributed by atoms with Crippen molar-refractivity contribution in [2.24, 2.45) is 0 Å². The summed E-state index contributed by atoms with van der Waals surface area (Å²) in [5.74, 6) is -0.626. The summed E-state index contributed by atoms with van der Waals surface area (Å²) in [4.78, 5) is 0. The minimum absolute atomic E-state index is 0.0690. The van der Waals surface area contributed by atoms with Gasteiger partial charge in [-0.05, 0) is 19.4 Å². The third-order valence-corrected chi connectivity index (χ3v) is 2.65. The minimum atomic E-state index is -0.704. The Kier molecular flexibility index (Phi) is 2.54. The van der Waals surface area contributed by atoms with Gasteiger partial charge in [0.2, 0.25) is 0 Å². The maximum atomic E-state index is 9.50. The SMILES string of the molecule is CC1(C)OCC(CO)(c2ccccc2)O1. The first-order valence-electron chi connectivity index (χ1n) is 5.09. The minimum Gasteiger partial charge on any atom is -0.393 e. The molecule has 1 atom stereocenters. The van der Waals surface area contributed by atoms with Crippen molar-refractivity contribution < 1.29 is 14.6 Å². The van der Waals surface area contributed by atoms with Crippen LogP contribution < -0.4 is 0 Å². The van der Waals surface area contributed by atoms with E-state index in [0.717, 1.165) is 5.56 Å². The Bertz CT molecular complexity index is 334. The number of hydrogen-bond acceptors (Lipinski definition) is 3. The van der Waals surface area contributed by atoms with Gasteiger partial charge in [-0.2, -0.15) is 0 Å². The molecule has 1 heterocycles. The van der Waals surface area contributed by atoms with Gasteiger partial charge in [-0.15, -0.1) is 0 Å². The molecular weight excluding hydrogens is 192 g/mol. The summed E-state index contributed by atoms with van der Waals surface area (Å²) in [7, 11) is 0. The van der Waals surface area contributed by atoms with Gasteiger partial charge in [0.15, 0.2) is 5.79 Å². The highest BCUT2D eigenvalue weighted by atomic mass is 16.8. The van der Waals surface area contributed by atoms with Crippen molar-refractivity contribution >= 4 is 0 Å². The number of aliphatic hydroxyl groups is 1. The molecular formula is C12H16O3. The van der Waals surface area contributed by atoms with Gasteiger partial charge in [0.05, 0.1) is 13.2 Å². The molecule has 1 unspecified atom stereocenters. The molecule has 0 aromatic heterocycles. The molecule has 1 N–H and O–H groups in total. The third kappa shape index (κ3) is 1.91. The summed E-state index contributed by atoms with van der Waals surface area (Å²) in [6.07, 6.45) is 0. The molecule has 0 aliphatic carbocycles. The van der Waals surface area contributed by atoms with Crippen LogP contribution in [0.15, 0.2) is 30.3 Å². The molecule has 2 rings (SSSR count). The van der Waals surface area contributed by atoms with Crippen molar-refractivity contribution in [1.29, 1.82) is 0 Å². The Hall–Kier alpha value is -0.900. The van der Waals surface area contributed by atoms with E-state index in [0.29, 0.717) is 6.61 Å². The molecule has 82 valence electrons. The first-order valence-corrected chi connectivity index (χ1v) is 5.09. The van der Waals surface area contributed by atoms with Crippen molar-refractivity contribution in [2.45, 2.75) is 25.2 Å². The normalized spacial score (nSPS) is 29.3. The van der Waals surface area contributed by atoms with Crippen molar-refractivity contribution in [3.63, 3.8) is 0 Å². The lowest BCUT2D eigenvalue weighted by Gasteiger charge is -2.27. The lowest BCUT2D eigenvalue weighted by atomic mass is 9.96. The van der Waals surface area contributed by atoms with Gasteiger partial charge in [-0.1, -0.05) is 30.3 Å². The largest absolute Gasteiger partial charge is 0.393 e. The molecule has 1 fully saturated rings. The molecule has 1 saturated heterocycles. The molecule has 1 aromatic carbocycles. The van der Waals surface area contributed by atoms with Crippen molar-refractivity contribution in [3.8, 4) is 0 Å². The second-order valence-corrected chi connectivity index (χ2v) is 4.31. The number of ether oxygens (including phenoxy) is 2. The Morgan fingerprint density at radius 2 is 1.93 bits per heavy atom. The average Bonchev–Trinajstić information content (AvgIpc) is 2.57. The summed E-state index contributed by atoms with van der Waals surface area (Å²) in [5, 5.41) is 9.50. The van der Waals surface area contributed by atoms with E-state index < -0.39 is 11.4 Å². The van der Waals surface area contributed by atoms with Gasteiger partial charge in [0.1, 0.15) is 5.60 Å². The summed E-state index contributed by atoms with van der Waals surface area (Å²) >= 11 is 0. The third-order valence-electron chi connectivity index (χ3n) is 2.65. The van der Waals surface area contributed by atoms with Crippen LogP contribution in [-0.4, -0.2) is 24.1 Å². The van der Waals surface area contributed by atoms with Gasteiger partial charge < -0.3 is 14.6 Å². The second-order valence-electron chi connectivity index (χ2n) is 4.31. The maximum Gasteiger partial charge on any atom is 0.164 e. The standard InChI is InChI=1S/C12H16O3/c1-11(2)14-9-12(8-13,15-11)10-6-4-3-5-7-10/h3-7,13H,8-9H2,1-2H3. The van der Waals surface area contributed by atoms with E-state index >= 15 is 0 Å². The molecule has 1 aliphatic rings. The highest BCUT2D eigenvalue weighted by Crippen LogP contribution is 2.38. The summed E-state index contributed by atoms with van der Waals surface area (Å²) in [6, 6.07) is 9.69. The molecule has 0 bridgehead atoms. The number of rotatable bonds is 2. The van der Waals surface area contributed by atoms with Crippen LogP contribution in [0.3, 0.4) is 0 Å². The summed E-state index contributed by atoms with van der Waals surface area (Å²) in [5.41, 5.74) is 0.253. The first kappa shape index (κ1) is 10.6. The predicted molar refractivity (Wildman–Crippen MR) is 56.3 cm³/mol. The van der Waals surface area contributed by atoms with E-state index in [4.69, 9.17) is 9.47 Å². The molecule has 0 saturated carbocycles. The van der Waals surface area contributed by atoms with E-state index in [9.17, 15) is 5.11 Å². The zero-order valence-electron chi connectivity index (χ0n) is 9.06. The fourth-order valence-electron chi connectivity index (χ4n) is 1.87. The molecule has 1 aliphatic heterocycles. The monoisotopic (exact) mass is 208 g/mol. The molecule has 0 amide bonds. The van der Waals surface area contributed by atoms with E-state index in [1.54, 1.807) is 0 Å². The molecule has 0 radical (unpaired) electrons. The quantitative estimate of drug-likeness (QED) is 0.803. The van der Waals surface area contributed by atoms with Crippen LogP contribution >= 0.6 is 0 Å². The van der Waals surface area contributed by atoms with E-state index in [1.165, 1.54) is 0 Å². The molecule has 15 heavy (non-hydrogen) atoms. The van der Waals surface area contributed by atoms with E-state index in [1.807, 2.05) is 44.2 Å². The van der Waals surface area contributed by atoms with Crippen molar-refractivity contribution in [2.75, 3.05) is 13.2 Å². The van der Waals surface area contributed by atoms with Gasteiger partial charge in [0.25, 0.3) is 0 Å². The Morgan fingerprint density at radius 3 is 2.40 bits per heavy atom. The Balaban J connectivity index is 2.32. The van der Waals surface area contributed by atoms with Crippen LogP contribution in [-0.2, 0) is 15.1 Å². The van der Waals surface area contributed by atoms with E-state index in [2.05, 4.69) is 0 Å². The lowest BCUT2D eigenvalue weighted by molar-refractivity contribution is -0.172. The van der Waals surface area contributed by atoms with Crippen molar-refractivity contribution in [3.05, 3.63) is 35.9 Å². The van der Waals surface area contributed by atoms with Gasteiger partial charge in [0, 0.05) is 0 Å². The second kappa shape index (κ2) is 3.59. The van der Waals surface area contributed by atoms with Gasteiger partial charge >= 0.3 is 0 Å². The van der Waals surface area contributed by atoms with Crippen LogP contribution in [0.2, 0.25) is 0 Å². The zero-order valence-corrected chi connectivity index (χ0v) is 9.06. The smallest absolute Gasteiger partial charge is 0.164 e. The van der Waals surface area contributed by atoms with Crippen molar-refractivity contribution in [1.82, 2.24) is 0 Å². The topological polar surface area (TPSA) is 38.7 Å². The Morgan fingerprint density at radius 1 is 1.27 bits per heavy atom. The number of benzene rings is 1. The molecule has 3 heteroatoms. The fourth-order valence-corrected chi connectivity index (χ4v) is 1.87. The number of hydrogen-bond donors (Lipinski definition) is 1. The van der Waals surface area contributed by atoms with Crippen LogP contribution in [0.4, 0.5) is 0 Å². The van der Waals surface area contributed by atoms with Crippen LogP contribution in [0.1, 0.15) is 19.4 Å². The van der Waals surface area contributed by atoms with Crippen LogP contribution in [0, 0.1) is 0 Å². The molecule has 0 spiro atoms. The van der Waals surface area contributed by atoms with Crippen LogP contribution in [0.25, 0.3) is 0 Å². The lowest BCUT2D eigenvalue weighted by Crippen LogP contribution is -2.35. The first-order chi connectivity index (χ1) is 7.08. The molecule has 3 nitrogen and oxygen atoms in total. The van der Waals surface area contributed by atoms with Gasteiger partial charge in [-0.3, -0.25) is 0 Å². The summed E-state index contributed by atoms with van der Waals surface area (Å²) in [6.45, 7) is 4.03. The highest BCUT2D eigenvalue weighted by molar-refractivity contribution is 5.24. The number of aliphatic hydroxyl groups excluding tert-OH is 1. The maximum absolute atomic E-state index is 9.50. The zero-order chi connectivity index (χ0) is 10.9. The average molecular weight is 208 g/mol. The summed E-state index contributed by atoms with van der Waals surface area (Å²) < 4.78 is 11.3. The predicted octanol–water partition coefficient (Wildman–Crippen LogP) is 1.66. The van der Waals surface area contributed by atoms with Crippen LogP contribution in [0.5, 0.6) is 0 Å². The highest BCUT2D eigenvalue weighted by Gasteiger charge is 2.46. The fraction of sp³-hybridized carbons (Fsp3) is 0.500. The van der Waals surface area contributed by atoms with E-state index in [-0.39, 0.29) is 6.61 Å². The Labute approximate surface area is 89.6 Å². The van der Waals surface area contributed by atoms with Gasteiger partial charge in [-0.25, -0.2) is 0 Å². The molecule has 1 aromatic rings.